The summed E-state index contributed by atoms with van der Waals surface area (Å²) in [6.07, 6.45) is 0. The summed E-state index contributed by atoms with van der Waals surface area (Å²) in [5.41, 5.74) is 3.84. The first kappa shape index (κ1) is 17.9. The highest BCUT2D eigenvalue weighted by Crippen LogP contribution is 2.35. The number of hydrogen-bond acceptors (Lipinski definition) is 3. The number of ether oxygens (including phenoxy) is 2. The van der Waals surface area contributed by atoms with E-state index in [9.17, 15) is 4.79 Å². The minimum absolute atomic E-state index is 0.339. The average molecular weight is 349 g/mol. The minimum atomic E-state index is -0.339. The van der Waals surface area contributed by atoms with Gasteiger partial charge in [-0.15, -0.1) is 0 Å². The third-order valence-corrected chi connectivity index (χ3v) is 3.75. The smallest absolute Gasteiger partial charge is 0.319 e. The summed E-state index contributed by atoms with van der Waals surface area (Å²) < 4.78 is 10.4. The van der Waals surface area contributed by atoms with Crippen LogP contribution in [0.1, 0.15) is 16.7 Å². The van der Waals surface area contributed by atoms with Gasteiger partial charge in [0.15, 0.2) is 0 Å². The molecule has 2 aromatic rings. The standard InChI is InChI=1S/C18H21ClN2O3/c1-11-5-12(2)7-13(6-11)10-20-18(22)21-15-8-14(19)16(23-3)9-17(15)24-4/h5-9H,10H2,1-4H3,(H2,20,21,22). The molecule has 0 unspecified atom stereocenters. The second-order valence-electron chi connectivity index (χ2n) is 5.49. The molecule has 2 rings (SSSR count). The van der Waals surface area contributed by atoms with Crippen LogP contribution in [0.3, 0.4) is 0 Å². The zero-order chi connectivity index (χ0) is 17.7. The second kappa shape index (κ2) is 7.93. The van der Waals surface area contributed by atoms with Gasteiger partial charge in [-0.25, -0.2) is 4.79 Å². The van der Waals surface area contributed by atoms with Crippen LogP contribution in [0.25, 0.3) is 0 Å². The fourth-order valence-electron chi connectivity index (χ4n) is 2.48. The van der Waals surface area contributed by atoms with Crippen LogP contribution in [0.5, 0.6) is 11.5 Å². The van der Waals surface area contributed by atoms with Crippen LogP contribution in [-0.2, 0) is 6.54 Å². The Morgan fingerprint density at radius 1 is 1.00 bits per heavy atom. The molecule has 2 aromatic carbocycles. The van der Waals surface area contributed by atoms with Gasteiger partial charge < -0.3 is 20.1 Å². The Kier molecular flexibility index (Phi) is 5.93. The molecular formula is C18H21ClN2O3. The van der Waals surface area contributed by atoms with E-state index in [1.165, 1.54) is 14.2 Å². The van der Waals surface area contributed by atoms with E-state index in [0.29, 0.717) is 28.8 Å². The SMILES string of the molecule is COc1cc(OC)c(NC(=O)NCc2cc(C)cc(C)c2)cc1Cl. The first-order valence-corrected chi connectivity index (χ1v) is 7.84. The molecule has 0 aliphatic rings. The van der Waals surface area contributed by atoms with Crippen molar-refractivity contribution < 1.29 is 14.3 Å². The Labute approximate surface area is 146 Å². The third-order valence-electron chi connectivity index (χ3n) is 3.46. The van der Waals surface area contributed by atoms with Crippen molar-refractivity contribution in [2.24, 2.45) is 0 Å². The zero-order valence-electron chi connectivity index (χ0n) is 14.2. The monoisotopic (exact) mass is 348 g/mol. The lowest BCUT2D eigenvalue weighted by Crippen LogP contribution is -2.28. The van der Waals surface area contributed by atoms with Crippen LogP contribution < -0.4 is 20.1 Å². The molecule has 0 spiro atoms. The van der Waals surface area contributed by atoms with Gasteiger partial charge in [0.05, 0.1) is 24.9 Å². The number of rotatable bonds is 5. The fourth-order valence-corrected chi connectivity index (χ4v) is 2.72. The summed E-state index contributed by atoms with van der Waals surface area (Å²) in [6, 6.07) is 9.05. The van der Waals surface area contributed by atoms with Crippen molar-refractivity contribution in [1.82, 2.24) is 5.32 Å². The molecule has 0 heterocycles. The van der Waals surface area contributed by atoms with Gasteiger partial charge >= 0.3 is 6.03 Å². The summed E-state index contributed by atoms with van der Waals surface area (Å²) in [7, 11) is 3.03. The number of carbonyl (C=O) groups excluding carboxylic acids is 1. The number of amides is 2. The second-order valence-corrected chi connectivity index (χ2v) is 5.90. The minimum Gasteiger partial charge on any atom is -0.495 e. The Morgan fingerprint density at radius 3 is 2.21 bits per heavy atom. The predicted octanol–water partition coefficient (Wildman–Crippen LogP) is 4.30. The highest BCUT2D eigenvalue weighted by molar-refractivity contribution is 6.32. The summed E-state index contributed by atoms with van der Waals surface area (Å²) in [4.78, 5) is 12.1. The Hall–Kier alpha value is -2.40. The fraction of sp³-hybridized carbons (Fsp3) is 0.278. The largest absolute Gasteiger partial charge is 0.495 e. The van der Waals surface area contributed by atoms with E-state index in [1.54, 1.807) is 12.1 Å². The van der Waals surface area contributed by atoms with Gasteiger partial charge in [0.1, 0.15) is 11.5 Å². The number of halogens is 1. The first-order valence-electron chi connectivity index (χ1n) is 7.46. The van der Waals surface area contributed by atoms with Crippen molar-refractivity contribution in [2.45, 2.75) is 20.4 Å². The normalized spacial score (nSPS) is 10.2. The molecule has 24 heavy (non-hydrogen) atoms. The molecule has 0 saturated carbocycles. The average Bonchev–Trinajstić information content (AvgIpc) is 2.52. The summed E-state index contributed by atoms with van der Waals surface area (Å²) in [5, 5.41) is 5.95. The number of urea groups is 1. The van der Waals surface area contributed by atoms with E-state index in [0.717, 1.165) is 16.7 Å². The van der Waals surface area contributed by atoms with Crippen molar-refractivity contribution in [1.29, 1.82) is 0 Å². The van der Waals surface area contributed by atoms with Crippen LogP contribution in [0.2, 0.25) is 5.02 Å². The molecule has 0 saturated heterocycles. The summed E-state index contributed by atoms with van der Waals surface area (Å²) >= 11 is 6.10. The van der Waals surface area contributed by atoms with Crippen molar-refractivity contribution in [3.8, 4) is 11.5 Å². The van der Waals surface area contributed by atoms with Crippen LogP contribution in [0, 0.1) is 13.8 Å². The zero-order valence-corrected chi connectivity index (χ0v) is 15.0. The van der Waals surface area contributed by atoms with Crippen molar-refractivity contribution in [3.63, 3.8) is 0 Å². The Bertz CT molecular complexity index is 727. The molecule has 2 N–H and O–H groups in total. The predicted molar refractivity (Wildman–Crippen MR) is 96.3 cm³/mol. The van der Waals surface area contributed by atoms with E-state index in [4.69, 9.17) is 21.1 Å². The number of anilines is 1. The highest BCUT2D eigenvalue weighted by atomic mass is 35.5. The number of methoxy groups -OCH3 is 2. The van der Waals surface area contributed by atoms with Gasteiger partial charge in [0.25, 0.3) is 0 Å². The van der Waals surface area contributed by atoms with Crippen molar-refractivity contribution >= 4 is 23.3 Å². The number of nitrogens with one attached hydrogen (secondary N) is 2. The van der Waals surface area contributed by atoms with Gasteiger partial charge in [-0.1, -0.05) is 40.9 Å². The lowest BCUT2D eigenvalue weighted by atomic mass is 10.1. The highest BCUT2D eigenvalue weighted by Gasteiger charge is 2.12. The third kappa shape index (κ3) is 4.55. The van der Waals surface area contributed by atoms with E-state index >= 15 is 0 Å². The number of benzene rings is 2. The molecular weight excluding hydrogens is 328 g/mol. The van der Waals surface area contributed by atoms with Gasteiger partial charge in [-0.2, -0.15) is 0 Å². The van der Waals surface area contributed by atoms with E-state index in [1.807, 2.05) is 26.0 Å². The lowest BCUT2D eigenvalue weighted by molar-refractivity contribution is 0.251. The van der Waals surface area contributed by atoms with Gasteiger partial charge in [0.2, 0.25) is 0 Å². The quantitative estimate of drug-likeness (QED) is 0.847. The molecule has 5 nitrogen and oxygen atoms in total. The Morgan fingerprint density at radius 2 is 1.62 bits per heavy atom. The maximum absolute atomic E-state index is 12.1. The number of aryl methyl sites for hydroxylation is 2. The molecule has 128 valence electrons. The van der Waals surface area contributed by atoms with E-state index in [-0.39, 0.29) is 6.03 Å². The van der Waals surface area contributed by atoms with Crippen molar-refractivity contribution in [3.05, 3.63) is 52.0 Å². The van der Waals surface area contributed by atoms with Gasteiger partial charge in [-0.3, -0.25) is 0 Å². The molecule has 0 aliphatic carbocycles. The molecule has 0 bridgehead atoms. The van der Waals surface area contributed by atoms with Crippen LogP contribution >= 0.6 is 11.6 Å². The lowest BCUT2D eigenvalue weighted by Gasteiger charge is -2.14. The molecule has 6 heteroatoms. The molecule has 0 radical (unpaired) electrons. The number of hydrogen-bond donors (Lipinski definition) is 2. The van der Waals surface area contributed by atoms with Gasteiger partial charge in [-0.05, 0) is 25.5 Å². The van der Waals surface area contributed by atoms with Crippen LogP contribution in [-0.4, -0.2) is 20.3 Å². The Balaban J connectivity index is 2.05. The molecule has 0 aliphatic heterocycles. The molecule has 2 amide bonds. The van der Waals surface area contributed by atoms with E-state index < -0.39 is 0 Å². The first-order chi connectivity index (χ1) is 11.4. The number of carbonyl (C=O) groups is 1. The molecule has 0 fully saturated rings. The van der Waals surface area contributed by atoms with E-state index in [2.05, 4.69) is 16.7 Å². The maximum Gasteiger partial charge on any atom is 0.319 e. The summed E-state index contributed by atoms with van der Waals surface area (Å²) in [6.45, 7) is 4.49. The van der Waals surface area contributed by atoms with Crippen LogP contribution in [0.15, 0.2) is 30.3 Å². The van der Waals surface area contributed by atoms with Crippen LogP contribution in [0.4, 0.5) is 10.5 Å². The topological polar surface area (TPSA) is 59.6 Å². The van der Waals surface area contributed by atoms with Gasteiger partial charge in [0, 0.05) is 12.6 Å². The maximum atomic E-state index is 12.1. The summed E-state index contributed by atoms with van der Waals surface area (Å²) in [5.74, 6) is 0.951. The molecule has 0 aromatic heterocycles. The van der Waals surface area contributed by atoms with Crippen molar-refractivity contribution in [2.75, 3.05) is 19.5 Å². The molecule has 0 atom stereocenters.